The smallest absolute Gasteiger partial charge is 0.392 e. The molecule has 5 nitrogen and oxygen atoms in total. The zero-order valence-electron chi connectivity index (χ0n) is 9.58. The van der Waals surface area contributed by atoms with Gasteiger partial charge < -0.3 is 14.9 Å². The lowest BCUT2D eigenvalue weighted by molar-refractivity contribution is -0.156. The Morgan fingerprint density at radius 3 is 1.83 bits per heavy atom. The number of ether oxygens (including phenoxy) is 1. The van der Waals surface area contributed by atoms with Gasteiger partial charge in [-0.15, -0.1) is 0 Å². The van der Waals surface area contributed by atoms with Crippen molar-refractivity contribution in [2.24, 2.45) is 0 Å². The number of aliphatic hydroxyl groups excluding tert-OH is 1. The summed E-state index contributed by atoms with van der Waals surface area (Å²) in [6, 6.07) is 0. The van der Waals surface area contributed by atoms with Crippen LogP contribution in [0.4, 0.5) is 13.2 Å². The number of aliphatic hydroxyl groups is 1. The van der Waals surface area contributed by atoms with Gasteiger partial charge in [-0.25, -0.2) is 9.59 Å². The molecule has 0 heterocycles. The molecule has 0 fully saturated rings. The van der Waals surface area contributed by atoms with Gasteiger partial charge in [-0.3, -0.25) is 0 Å². The molecular formula is C10H13F3O5. The van der Waals surface area contributed by atoms with Crippen LogP contribution in [0.3, 0.4) is 0 Å². The van der Waals surface area contributed by atoms with Gasteiger partial charge in [0.1, 0.15) is 6.61 Å². The Balaban J connectivity index is 0. The van der Waals surface area contributed by atoms with Crippen LogP contribution in [-0.2, 0) is 14.3 Å². The molecule has 0 atom stereocenters. The molecule has 0 aliphatic heterocycles. The van der Waals surface area contributed by atoms with Crippen molar-refractivity contribution >= 4 is 11.9 Å². The molecule has 104 valence electrons. The molecule has 0 aromatic rings. The Hall–Kier alpha value is -1.99. The zero-order valence-corrected chi connectivity index (χ0v) is 9.58. The molecule has 0 aliphatic carbocycles. The van der Waals surface area contributed by atoms with Gasteiger partial charge in [0.25, 0.3) is 0 Å². The number of hydrogen-bond donors (Lipinski definition) is 2. The topological polar surface area (TPSA) is 83.8 Å². The van der Waals surface area contributed by atoms with Crippen LogP contribution in [0.15, 0.2) is 24.5 Å². The van der Waals surface area contributed by atoms with E-state index in [0.717, 1.165) is 0 Å². The van der Waals surface area contributed by atoms with Crippen LogP contribution in [0.5, 0.6) is 0 Å². The average molecular weight is 270 g/mol. The molecule has 0 aliphatic rings. The van der Waals surface area contributed by atoms with Crippen molar-refractivity contribution in [3.8, 4) is 0 Å². The standard InChI is InChI=1S/C7H9F3O2.C3H4O3/c1-5(2)6(11)12-4-3-7(8,9)10;1-2(4)3(5)6/h1,3-4H2,2H3;4H,1H2,(H,5,6). The van der Waals surface area contributed by atoms with Gasteiger partial charge >= 0.3 is 18.1 Å². The van der Waals surface area contributed by atoms with Crippen molar-refractivity contribution in [3.05, 3.63) is 24.5 Å². The third-order valence-corrected chi connectivity index (χ3v) is 1.21. The number of carbonyl (C=O) groups is 2. The lowest BCUT2D eigenvalue weighted by Gasteiger charge is -2.06. The molecule has 0 aromatic heterocycles. The van der Waals surface area contributed by atoms with Crippen LogP contribution in [0.25, 0.3) is 0 Å². The predicted molar refractivity (Wildman–Crippen MR) is 55.8 cm³/mol. The number of carbonyl (C=O) groups excluding carboxylic acids is 1. The van der Waals surface area contributed by atoms with E-state index in [1.54, 1.807) is 0 Å². The van der Waals surface area contributed by atoms with Crippen molar-refractivity contribution in [3.63, 3.8) is 0 Å². The van der Waals surface area contributed by atoms with E-state index in [2.05, 4.69) is 17.9 Å². The first-order chi connectivity index (χ1) is 7.97. The maximum absolute atomic E-state index is 11.5. The van der Waals surface area contributed by atoms with E-state index >= 15 is 0 Å². The van der Waals surface area contributed by atoms with Gasteiger partial charge in [0.2, 0.25) is 0 Å². The summed E-state index contributed by atoms with van der Waals surface area (Å²) in [6.45, 7) is 6.65. The quantitative estimate of drug-likeness (QED) is 0.465. The Kier molecular flexibility index (Phi) is 8.32. The van der Waals surface area contributed by atoms with E-state index in [1.807, 2.05) is 0 Å². The van der Waals surface area contributed by atoms with Crippen LogP contribution >= 0.6 is 0 Å². The van der Waals surface area contributed by atoms with E-state index in [4.69, 9.17) is 10.2 Å². The maximum atomic E-state index is 11.5. The van der Waals surface area contributed by atoms with E-state index in [0.29, 0.717) is 0 Å². The van der Waals surface area contributed by atoms with Gasteiger partial charge in [-0.05, 0) is 13.5 Å². The largest absolute Gasteiger partial charge is 0.502 e. The molecule has 0 amide bonds. The van der Waals surface area contributed by atoms with Crippen LogP contribution in [-0.4, -0.2) is 34.9 Å². The molecule has 8 heteroatoms. The van der Waals surface area contributed by atoms with E-state index in [-0.39, 0.29) is 5.57 Å². The number of halogens is 3. The highest BCUT2D eigenvalue weighted by molar-refractivity contribution is 5.86. The number of carboxylic acid groups (broad SMARTS) is 1. The Bertz CT molecular complexity index is 321. The van der Waals surface area contributed by atoms with Crippen molar-refractivity contribution in [1.82, 2.24) is 0 Å². The fraction of sp³-hybridized carbons (Fsp3) is 0.400. The van der Waals surface area contributed by atoms with Gasteiger partial charge in [0.05, 0.1) is 6.42 Å². The van der Waals surface area contributed by atoms with Gasteiger partial charge in [-0.2, -0.15) is 13.2 Å². The molecule has 2 N–H and O–H groups in total. The third kappa shape index (κ3) is 14.0. The van der Waals surface area contributed by atoms with Crippen molar-refractivity contribution in [1.29, 1.82) is 0 Å². The Morgan fingerprint density at radius 1 is 1.22 bits per heavy atom. The second-order valence-electron chi connectivity index (χ2n) is 3.03. The first-order valence-corrected chi connectivity index (χ1v) is 4.48. The molecule has 0 unspecified atom stereocenters. The molecular weight excluding hydrogens is 257 g/mol. The van der Waals surface area contributed by atoms with E-state index in [9.17, 15) is 22.8 Å². The first-order valence-electron chi connectivity index (χ1n) is 4.48. The molecule has 0 spiro atoms. The summed E-state index contributed by atoms with van der Waals surface area (Å²) in [6.07, 6.45) is -5.40. The number of rotatable bonds is 4. The lowest BCUT2D eigenvalue weighted by atomic mass is 10.3. The van der Waals surface area contributed by atoms with Crippen LogP contribution < -0.4 is 0 Å². The normalized spacial score (nSPS) is 9.78. The minimum absolute atomic E-state index is 0.0946. The Labute approximate surface area is 101 Å². The van der Waals surface area contributed by atoms with Crippen LogP contribution in [0.2, 0.25) is 0 Å². The summed E-state index contributed by atoms with van der Waals surface area (Å²) < 4.78 is 38.7. The summed E-state index contributed by atoms with van der Waals surface area (Å²) in [5.74, 6) is -3.00. The highest BCUT2D eigenvalue weighted by atomic mass is 19.4. The summed E-state index contributed by atoms with van der Waals surface area (Å²) >= 11 is 0. The summed E-state index contributed by atoms with van der Waals surface area (Å²) in [5.41, 5.74) is 0.0946. The molecule has 0 bridgehead atoms. The number of carboxylic acids is 1. The number of hydrogen-bond acceptors (Lipinski definition) is 4. The van der Waals surface area contributed by atoms with E-state index in [1.165, 1.54) is 6.92 Å². The summed E-state index contributed by atoms with van der Waals surface area (Å²) in [4.78, 5) is 19.9. The molecule has 0 saturated heterocycles. The van der Waals surface area contributed by atoms with Gasteiger partial charge in [0.15, 0.2) is 5.76 Å². The SMILES string of the molecule is C=C(C)C(=O)OCCC(F)(F)F.C=C(O)C(=O)O. The maximum Gasteiger partial charge on any atom is 0.392 e. The zero-order chi connectivity index (χ0) is 14.9. The van der Waals surface area contributed by atoms with Crippen LogP contribution in [0, 0.1) is 0 Å². The molecule has 18 heavy (non-hydrogen) atoms. The van der Waals surface area contributed by atoms with Crippen molar-refractivity contribution in [2.45, 2.75) is 19.5 Å². The Morgan fingerprint density at radius 2 is 1.61 bits per heavy atom. The van der Waals surface area contributed by atoms with E-state index < -0.39 is 36.9 Å². The fourth-order valence-electron chi connectivity index (χ4n) is 0.383. The second-order valence-corrected chi connectivity index (χ2v) is 3.03. The second kappa shape index (κ2) is 8.15. The monoisotopic (exact) mass is 270 g/mol. The molecule has 0 radical (unpaired) electrons. The molecule has 0 saturated carbocycles. The average Bonchev–Trinajstić information content (AvgIpc) is 2.16. The molecule has 0 aromatic carbocycles. The number of aliphatic carboxylic acids is 1. The van der Waals surface area contributed by atoms with Gasteiger partial charge in [0, 0.05) is 5.57 Å². The molecule has 0 rings (SSSR count). The number of alkyl halides is 3. The minimum Gasteiger partial charge on any atom is -0.502 e. The van der Waals surface area contributed by atoms with Crippen molar-refractivity contribution in [2.75, 3.05) is 6.61 Å². The highest BCUT2D eigenvalue weighted by Gasteiger charge is 2.27. The van der Waals surface area contributed by atoms with Crippen LogP contribution in [0.1, 0.15) is 13.3 Å². The minimum atomic E-state index is -4.28. The first kappa shape index (κ1) is 18.4. The van der Waals surface area contributed by atoms with Crippen molar-refractivity contribution < 1.29 is 37.7 Å². The number of esters is 1. The highest BCUT2D eigenvalue weighted by Crippen LogP contribution is 2.19. The predicted octanol–water partition coefficient (Wildman–Crippen LogP) is 2.20. The van der Waals surface area contributed by atoms with Gasteiger partial charge in [-0.1, -0.05) is 6.58 Å². The third-order valence-electron chi connectivity index (χ3n) is 1.21. The summed E-state index contributed by atoms with van der Waals surface area (Å²) in [7, 11) is 0. The summed E-state index contributed by atoms with van der Waals surface area (Å²) in [5, 5.41) is 15.5. The lowest BCUT2D eigenvalue weighted by Crippen LogP contribution is -2.14. The fourth-order valence-corrected chi connectivity index (χ4v) is 0.383.